The first-order valence-corrected chi connectivity index (χ1v) is 4.88. The van der Waals surface area contributed by atoms with Crippen LogP contribution in [0.3, 0.4) is 0 Å². The molecule has 1 unspecified atom stereocenters. The van der Waals surface area contributed by atoms with Crippen LogP contribution in [0.2, 0.25) is 0 Å². The Hall–Kier alpha value is -1.97. The zero-order chi connectivity index (χ0) is 11.4. The fourth-order valence-electron chi connectivity index (χ4n) is 1.54. The molecule has 2 aromatic rings. The summed E-state index contributed by atoms with van der Waals surface area (Å²) in [4.78, 5) is 14.4. The van der Waals surface area contributed by atoms with Gasteiger partial charge in [-0.2, -0.15) is 4.39 Å². The predicted molar refractivity (Wildman–Crippen MR) is 55.4 cm³/mol. The van der Waals surface area contributed by atoms with E-state index in [1.165, 1.54) is 18.5 Å². The molecule has 2 heterocycles. The number of rotatable bonds is 4. The van der Waals surface area contributed by atoms with Crippen LogP contribution in [0.25, 0.3) is 0 Å². The Labute approximate surface area is 91.9 Å². The van der Waals surface area contributed by atoms with Gasteiger partial charge < -0.3 is 9.21 Å². The minimum Gasteiger partial charge on any atom is -0.469 e. The summed E-state index contributed by atoms with van der Waals surface area (Å²) in [6, 6.07) is 6.46. The molecule has 0 fully saturated rings. The van der Waals surface area contributed by atoms with Crippen molar-refractivity contribution in [3.05, 3.63) is 54.0 Å². The third-order valence-corrected chi connectivity index (χ3v) is 2.32. The highest BCUT2D eigenvalue weighted by Crippen LogP contribution is 2.19. The number of nitrogens with zero attached hydrogens (tertiary/aromatic N) is 1. The normalized spacial score (nSPS) is 12.3. The van der Waals surface area contributed by atoms with Crippen LogP contribution in [0.15, 0.2) is 41.1 Å². The maximum absolute atomic E-state index is 12.8. The lowest BCUT2D eigenvalue weighted by atomic mass is 9.99. The van der Waals surface area contributed by atoms with E-state index in [9.17, 15) is 9.18 Å². The Morgan fingerprint density at radius 3 is 3.00 bits per heavy atom. The topological polar surface area (TPSA) is 43.1 Å². The minimum absolute atomic E-state index is 0.378. The zero-order valence-electron chi connectivity index (χ0n) is 8.47. The predicted octanol–water partition coefficient (Wildman–Crippen LogP) is 2.34. The van der Waals surface area contributed by atoms with Crippen LogP contribution in [0, 0.1) is 5.95 Å². The SMILES string of the molecule is O=CC(Cc1ccnc(F)c1)c1ccco1. The van der Waals surface area contributed by atoms with Crippen molar-refractivity contribution in [2.45, 2.75) is 12.3 Å². The van der Waals surface area contributed by atoms with Crippen LogP contribution in [0.1, 0.15) is 17.2 Å². The number of hydrogen-bond acceptors (Lipinski definition) is 3. The number of carbonyl (C=O) groups is 1. The Morgan fingerprint density at radius 2 is 2.38 bits per heavy atom. The van der Waals surface area contributed by atoms with Crippen LogP contribution >= 0.6 is 0 Å². The molecule has 3 nitrogen and oxygen atoms in total. The molecule has 0 spiro atoms. The molecular weight excluding hydrogens is 209 g/mol. The summed E-state index contributed by atoms with van der Waals surface area (Å²) in [5.41, 5.74) is 0.723. The number of furan rings is 1. The quantitative estimate of drug-likeness (QED) is 0.585. The van der Waals surface area contributed by atoms with Gasteiger partial charge in [-0.25, -0.2) is 4.98 Å². The second-order valence-corrected chi connectivity index (χ2v) is 3.45. The third-order valence-electron chi connectivity index (χ3n) is 2.32. The fraction of sp³-hybridized carbons (Fsp3) is 0.167. The smallest absolute Gasteiger partial charge is 0.213 e. The fourth-order valence-corrected chi connectivity index (χ4v) is 1.54. The molecule has 1 atom stereocenters. The molecule has 0 bridgehead atoms. The van der Waals surface area contributed by atoms with Gasteiger partial charge in [-0.3, -0.25) is 0 Å². The number of aromatic nitrogens is 1. The van der Waals surface area contributed by atoms with E-state index in [-0.39, 0.29) is 5.92 Å². The summed E-state index contributed by atoms with van der Waals surface area (Å²) in [5, 5.41) is 0. The first kappa shape index (κ1) is 10.5. The lowest BCUT2D eigenvalue weighted by Gasteiger charge is -2.06. The van der Waals surface area contributed by atoms with E-state index in [0.29, 0.717) is 12.2 Å². The van der Waals surface area contributed by atoms with Crippen molar-refractivity contribution in [3.63, 3.8) is 0 Å². The van der Waals surface area contributed by atoms with E-state index >= 15 is 0 Å². The van der Waals surface area contributed by atoms with Crippen LogP contribution in [-0.2, 0) is 11.2 Å². The van der Waals surface area contributed by atoms with E-state index in [1.807, 2.05) is 0 Å². The Morgan fingerprint density at radius 1 is 1.50 bits per heavy atom. The van der Waals surface area contributed by atoms with Gasteiger partial charge in [0.25, 0.3) is 0 Å². The molecule has 82 valence electrons. The number of halogens is 1. The van der Waals surface area contributed by atoms with Crippen LogP contribution in [0.4, 0.5) is 4.39 Å². The molecule has 4 heteroatoms. The van der Waals surface area contributed by atoms with Crippen molar-refractivity contribution in [2.75, 3.05) is 0 Å². The molecule has 2 rings (SSSR count). The molecule has 0 saturated carbocycles. The van der Waals surface area contributed by atoms with Crippen molar-refractivity contribution in [1.82, 2.24) is 4.98 Å². The molecule has 16 heavy (non-hydrogen) atoms. The summed E-state index contributed by atoms with van der Waals surface area (Å²) in [6.45, 7) is 0. The first-order valence-electron chi connectivity index (χ1n) is 4.88. The van der Waals surface area contributed by atoms with Gasteiger partial charge in [0, 0.05) is 6.20 Å². The van der Waals surface area contributed by atoms with Crippen LogP contribution < -0.4 is 0 Å². The van der Waals surface area contributed by atoms with E-state index < -0.39 is 5.95 Å². The molecule has 0 N–H and O–H groups in total. The van der Waals surface area contributed by atoms with E-state index in [1.54, 1.807) is 18.2 Å². The molecule has 0 aliphatic carbocycles. The van der Waals surface area contributed by atoms with Crippen molar-refractivity contribution in [3.8, 4) is 0 Å². The highest BCUT2D eigenvalue weighted by atomic mass is 19.1. The highest BCUT2D eigenvalue weighted by molar-refractivity contribution is 5.61. The molecule has 0 amide bonds. The summed E-state index contributed by atoms with van der Waals surface area (Å²) < 4.78 is 18.0. The van der Waals surface area contributed by atoms with Crippen molar-refractivity contribution in [2.24, 2.45) is 0 Å². The van der Waals surface area contributed by atoms with Crippen molar-refractivity contribution in [1.29, 1.82) is 0 Å². The molecule has 2 aromatic heterocycles. The lowest BCUT2D eigenvalue weighted by molar-refractivity contribution is -0.109. The zero-order valence-corrected chi connectivity index (χ0v) is 8.47. The second-order valence-electron chi connectivity index (χ2n) is 3.45. The van der Waals surface area contributed by atoms with Gasteiger partial charge >= 0.3 is 0 Å². The maximum atomic E-state index is 12.8. The van der Waals surface area contributed by atoms with Crippen molar-refractivity contribution >= 4 is 6.29 Å². The largest absolute Gasteiger partial charge is 0.469 e. The monoisotopic (exact) mass is 219 g/mol. The summed E-state index contributed by atoms with van der Waals surface area (Å²) >= 11 is 0. The Kier molecular flexibility index (Phi) is 3.10. The second kappa shape index (κ2) is 4.70. The van der Waals surface area contributed by atoms with Gasteiger partial charge in [0.15, 0.2) is 0 Å². The number of aldehydes is 1. The van der Waals surface area contributed by atoms with Gasteiger partial charge in [0.1, 0.15) is 12.0 Å². The van der Waals surface area contributed by atoms with Gasteiger partial charge in [-0.05, 0) is 36.2 Å². The molecule has 0 aliphatic rings. The summed E-state index contributed by atoms with van der Waals surface area (Å²) in [7, 11) is 0. The molecule has 0 aliphatic heterocycles. The van der Waals surface area contributed by atoms with E-state index in [4.69, 9.17) is 4.42 Å². The lowest BCUT2D eigenvalue weighted by Crippen LogP contribution is -2.03. The van der Waals surface area contributed by atoms with Gasteiger partial charge in [-0.15, -0.1) is 0 Å². The van der Waals surface area contributed by atoms with Gasteiger partial charge in [0.2, 0.25) is 5.95 Å². The maximum Gasteiger partial charge on any atom is 0.213 e. The van der Waals surface area contributed by atoms with Crippen LogP contribution in [0.5, 0.6) is 0 Å². The Balaban J connectivity index is 2.16. The third kappa shape index (κ3) is 2.34. The van der Waals surface area contributed by atoms with E-state index in [0.717, 1.165) is 11.8 Å². The molecular formula is C12H10FNO2. The van der Waals surface area contributed by atoms with Gasteiger partial charge in [-0.1, -0.05) is 0 Å². The number of pyridine rings is 1. The first-order chi connectivity index (χ1) is 7.79. The highest BCUT2D eigenvalue weighted by Gasteiger charge is 2.14. The van der Waals surface area contributed by atoms with E-state index in [2.05, 4.69) is 4.98 Å². The minimum atomic E-state index is -0.540. The average molecular weight is 219 g/mol. The van der Waals surface area contributed by atoms with Crippen LogP contribution in [-0.4, -0.2) is 11.3 Å². The average Bonchev–Trinajstić information content (AvgIpc) is 2.79. The molecule has 0 aromatic carbocycles. The Bertz CT molecular complexity index is 468. The standard InChI is InChI=1S/C12H10FNO2/c13-12-7-9(3-4-14-12)6-10(8-15)11-2-1-5-16-11/h1-5,7-8,10H,6H2. The van der Waals surface area contributed by atoms with Crippen molar-refractivity contribution < 1.29 is 13.6 Å². The molecule has 0 saturated heterocycles. The molecule has 0 radical (unpaired) electrons. The van der Waals surface area contributed by atoms with Gasteiger partial charge in [0.05, 0.1) is 12.2 Å². The number of carbonyl (C=O) groups excluding carboxylic acids is 1. The summed E-state index contributed by atoms with van der Waals surface area (Å²) in [5.74, 6) is -0.328. The number of hydrogen-bond donors (Lipinski definition) is 0. The summed E-state index contributed by atoms with van der Waals surface area (Å²) in [6.07, 6.45) is 4.11.